The lowest BCUT2D eigenvalue weighted by Crippen LogP contribution is -1.95. The molecule has 0 bridgehead atoms. The molecule has 0 saturated heterocycles. The number of fused-ring (bicyclic) bond motifs is 6. The van der Waals surface area contributed by atoms with Crippen LogP contribution in [0.1, 0.15) is 0 Å². The fourth-order valence-corrected chi connectivity index (χ4v) is 12.3. The quantitative estimate of drug-likeness (QED) is 0.121. The van der Waals surface area contributed by atoms with Crippen LogP contribution in [0.25, 0.3) is 155 Å². The summed E-state index contributed by atoms with van der Waals surface area (Å²) in [6.07, 6.45) is 6.12. The van der Waals surface area contributed by atoms with E-state index in [1.54, 1.807) is 0 Å². The summed E-state index contributed by atoms with van der Waals surface area (Å²) in [7, 11) is 0. The molecule has 0 unspecified atom stereocenters. The predicted octanol–water partition coefficient (Wildman–Crippen LogP) is 21.7. The molecule has 0 spiro atoms. The highest BCUT2D eigenvalue weighted by molar-refractivity contribution is 6.26. The van der Waals surface area contributed by atoms with Gasteiger partial charge in [0.25, 0.3) is 0 Å². The van der Waals surface area contributed by atoms with Crippen LogP contribution in [-0.4, -0.2) is 15.0 Å². The Morgan fingerprint density at radius 3 is 0.929 bits per heavy atom. The molecule has 15 aromatic rings. The van der Waals surface area contributed by atoms with Crippen LogP contribution >= 0.6 is 0 Å². The minimum Gasteiger partial charge on any atom is -0.256 e. The molecule has 392 valence electrons. The standard InChI is InChI=1S/C81H53N3/c1-4-20-54(21-5-1)55-36-38-58(39-37-55)81-50-76(59-40-43-75-73-34-17-16-32-71(73)72-33-18-19-35-74(72)77(75)49-59)78(53-84-81)70-31-15-14-30-69(70)64-47-62(67-28-12-10-26-65(67)60-41-44-79(82-51-60)56-22-6-2-7-23-56)46-63(48-64)68-29-13-11-27-66(68)61-42-45-80(83-52-61)57-24-8-3-9-25-57/h1-53H. The Balaban J connectivity index is 0.926. The Bertz CT molecular complexity index is 4720. The molecule has 0 fully saturated rings. The molecule has 3 heterocycles. The van der Waals surface area contributed by atoms with Gasteiger partial charge in [-0.1, -0.05) is 261 Å². The van der Waals surface area contributed by atoms with Gasteiger partial charge < -0.3 is 0 Å². The van der Waals surface area contributed by atoms with Crippen molar-refractivity contribution in [1.29, 1.82) is 0 Å². The molecule has 12 aromatic carbocycles. The molecule has 0 atom stereocenters. The van der Waals surface area contributed by atoms with E-state index in [1.807, 2.05) is 24.5 Å². The summed E-state index contributed by atoms with van der Waals surface area (Å²) in [6.45, 7) is 0. The van der Waals surface area contributed by atoms with E-state index in [4.69, 9.17) is 15.0 Å². The van der Waals surface area contributed by atoms with Crippen molar-refractivity contribution in [2.24, 2.45) is 0 Å². The molecule has 0 aliphatic carbocycles. The summed E-state index contributed by atoms with van der Waals surface area (Å²) in [5, 5.41) is 7.44. The Morgan fingerprint density at radius 2 is 0.464 bits per heavy atom. The highest BCUT2D eigenvalue weighted by Gasteiger charge is 2.21. The predicted molar refractivity (Wildman–Crippen MR) is 352 cm³/mol. The number of hydrogen-bond acceptors (Lipinski definition) is 3. The maximum Gasteiger partial charge on any atom is 0.0708 e. The van der Waals surface area contributed by atoms with Gasteiger partial charge in [0.05, 0.1) is 17.1 Å². The van der Waals surface area contributed by atoms with Gasteiger partial charge in [-0.2, -0.15) is 0 Å². The molecule has 0 radical (unpaired) electrons. The second-order valence-corrected chi connectivity index (χ2v) is 21.4. The van der Waals surface area contributed by atoms with Crippen LogP contribution in [0.4, 0.5) is 0 Å². The second kappa shape index (κ2) is 21.7. The number of nitrogens with zero attached hydrogens (tertiary/aromatic N) is 3. The second-order valence-electron chi connectivity index (χ2n) is 21.4. The normalized spacial score (nSPS) is 11.3. The van der Waals surface area contributed by atoms with Crippen LogP contribution in [0, 0.1) is 0 Å². The fourth-order valence-electron chi connectivity index (χ4n) is 12.3. The minimum absolute atomic E-state index is 0.907. The average molecular weight is 1070 g/mol. The van der Waals surface area contributed by atoms with E-state index < -0.39 is 0 Å². The van der Waals surface area contributed by atoms with E-state index in [0.29, 0.717) is 0 Å². The van der Waals surface area contributed by atoms with Gasteiger partial charge in [-0.05, 0) is 147 Å². The van der Waals surface area contributed by atoms with Crippen molar-refractivity contribution >= 4 is 32.3 Å². The number of benzene rings is 12. The van der Waals surface area contributed by atoms with Gasteiger partial charge >= 0.3 is 0 Å². The molecule has 0 aliphatic heterocycles. The minimum atomic E-state index is 0.907. The van der Waals surface area contributed by atoms with Crippen LogP contribution in [0.15, 0.2) is 322 Å². The van der Waals surface area contributed by atoms with Gasteiger partial charge in [-0.3, -0.25) is 15.0 Å². The van der Waals surface area contributed by atoms with Crippen LogP contribution in [-0.2, 0) is 0 Å². The van der Waals surface area contributed by atoms with E-state index in [-0.39, 0.29) is 0 Å². The topological polar surface area (TPSA) is 38.7 Å². The van der Waals surface area contributed by atoms with Crippen molar-refractivity contribution in [3.8, 4) is 123 Å². The zero-order valence-electron chi connectivity index (χ0n) is 45.9. The summed E-state index contributed by atoms with van der Waals surface area (Å²) in [5.41, 5.74) is 23.6. The Morgan fingerprint density at radius 1 is 0.143 bits per heavy atom. The average Bonchev–Trinajstić information content (AvgIpc) is 1.84. The van der Waals surface area contributed by atoms with E-state index in [0.717, 1.165) is 112 Å². The zero-order chi connectivity index (χ0) is 55.8. The van der Waals surface area contributed by atoms with Crippen molar-refractivity contribution in [3.05, 3.63) is 322 Å². The first-order valence-corrected chi connectivity index (χ1v) is 28.6. The van der Waals surface area contributed by atoms with E-state index in [9.17, 15) is 0 Å². The monoisotopic (exact) mass is 1070 g/mol. The smallest absolute Gasteiger partial charge is 0.0708 e. The van der Waals surface area contributed by atoms with Gasteiger partial charge in [0.1, 0.15) is 0 Å². The molecule has 0 amide bonds. The van der Waals surface area contributed by atoms with Crippen molar-refractivity contribution in [2.45, 2.75) is 0 Å². The van der Waals surface area contributed by atoms with E-state index in [2.05, 4.69) is 297 Å². The van der Waals surface area contributed by atoms with Crippen LogP contribution < -0.4 is 0 Å². The van der Waals surface area contributed by atoms with Gasteiger partial charge in [0.2, 0.25) is 0 Å². The first-order chi connectivity index (χ1) is 41.6. The van der Waals surface area contributed by atoms with Crippen molar-refractivity contribution in [2.75, 3.05) is 0 Å². The summed E-state index contributed by atoms with van der Waals surface area (Å²) < 4.78 is 0. The maximum atomic E-state index is 5.36. The summed E-state index contributed by atoms with van der Waals surface area (Å²) in [4.78, 5) is 15.4. The van der Waals surface area contributed by atoms with Gasteiger partial charge in [0, 0.05) is 52.0 Å². The van der Waals surface area contributed by atoms with Gasteiger partial charge in [-0.25, -0.2) is 0 Å². The molecule has 3 aromatic heterocycles. The van der Waals surface area contributed by atoms with Crippen molar-refractivity contribution < 1.29 is 0 Å². The molecule has 0 N–H and O–H groups in total. The molecule has 0 aliphatic rings. The number of hydrogen-bond donors (Lipinski definition) is 0. The Labute approximate surface area is 489 Å². The molecule has 84 heavy (non-hydrogen) atoms. The largest absolute Gasteiger partial charge is 0.256 e. The lowest BCUT2D eigenvalue weighted by Gasteiger charge is -2.19. The van der Waals surface area contributed by atoms with Crippen molar-refractivity contribution in [3.63, 3.8) is 0 Å². The van der Waals surface area contributed by atoms with E-state index >= 15 is 0 Å². The maximum absolute atomic E-state index is 5.36. The summed E-state index contributed by atoms with van der Waals surface area (Å²) in [6, 6.07) is 109. The highest BCUT2D eigenvalue weighted by Crippen LogP contribution is 2.46. The summed E-state index contributed by atoms with van der Waals surface area (Å²) >= 11 is 0. The lowest BCUT2D eigenvalue weighted by atomic mass is 9.85. The number of rotatable bonds is 11. The van der Waals surface area contributed by atoms with E-state index in [1.165, 1.54) is 43.4 Å². The molecule has 3 nitrogen and oxygen atoms in total. The van der Waals surface area contributed by atoms with Crippen LogP contribution in [0.5, 0.6) is 0 Å². The number of pyridine rings is 3. The highest BCUT2D eigenvalue weighted by atomic mass is 14.7. The third kappa shape index (κ3) is 9.40. The van der Waals surface area contributed by atoms with Crippen LogP contribution in [0.3, 0.4) is 0 Å². The third-order valence-electron chi connectivity index (χ3n) is 16.5. The first kappa shape index (κ1) is 49.9. The first-order valence-electron chi connectivity index (χ1n) is 28.6. The molecule has 15 rings (SSSR count). The SMILES string of the molecule is c1ccc(-c2ccc(-c3cc(-c4ccc5c6ccccc6c6ccccc6c5c4)c(-c4ccccc4-c4cc(-c5ccccc5-c5ccc(-c6ccccc6)nc5)cc(-c5ccccc5-c5ccc(-c6ccccc6)nc5)c4)cn3)cc2)cc1. The zero-order valence-corrected chi connectivity index (χ0v) is 45.9. The van der Waals surface area contributed by atoms with Gasteiger partial charge in [-0.15, -0.1) is 0 Å². The Hall–Kier alpha value is -11.1. The third-order valence-corrected chi connectivity index (χ3v) is 16.5. The number of aromatic nitrogens is 3. The molecule has 0 saturated carbocycles. The Kier molecular flexibility index (Phi) is 12.9. The molecular weight excluding hydrogens is 1010 g/mol. The van der Waals surface area contributed by atoms with Crippen molar-refractivity contribution in [1.82, 2.24) is 15.0 Å². The fraction of sp³-hybridized carbons (Fsp3) is 0. The lowest BCUT2D eigenvalue weighted by molar-refractivity contribution is 1.32. The summed E-state index contributed by atoms with van der Waals surface area (Å²) in [5.74, 6) is 0. The molecule has 3 heteroatoms. The van der Waals surface area contributed by atoms with Gasteiger partial charge in [0.15, 0.2) is 0 Å². The molecular formula is C81H53N3. The van der Waals surface area contributed by atoms with Crippen LogP contribution in [0.2, 0.25) is 0 Å².